The molecular weight excluding hydrogens is 265 g/mol. The Bertz CT molecular complexity index is 301. The standard InChI is InChI=1S/C7H13NOS4.Na/c1-2-3-6(13(9,10)11)7-8-4-5-12-7;/h6H,2-5H2,1H3,(H,9,10,11);/q;+1/p-1. The summed E-state index contributed by atoms with van der Waals surface area (Å²) in [4.78, 5) is 4.29. The van der Waals surface area contributed by atoms with E-state index < -0.39 is 7.43 Å². The average molecular weight is 277 g/mol. The number of thioether (sulfide) groups is 1. The molecule has 0 amide bonds. The van der Waals surface area contributed by atoms with Gasteiger partial charge in [0.05, 0.1) is 5.04 Å². The van der Waals surface area contributed by atoms with E-state index in [0.29, 0.717) is 0 Å². The van der Waals surface area contributed by atoms with Gasteiger partial charge >= 0.3 is 29.6 Å². The summed E-state index contributed by atoms with van der Waals surface area (Å²) < 4.78 is 11.6. The maximum atomic E-state index is 11.6. The molecule has 0 aromatic heterocycles. The SMILES string of the molecule is CCCC(C1=NCCS1)S([O-])(=S)=S.[Na+]. The van der Waals surface area contributed by atoms with Gasteiger partial charge in [0.2, 0.25) is 0 Å². The zero-order chi connectivity index (χ0) is 9.90. The molecule has 0 saturated carbocycles. The average Bonchev–Trinajstić information content (AvgIpc) is 2.49. The first-order valence-corrected chi connectivity index (χ1v) is 8.63. The molecule has 1 atom stereocenters. The predicted molar refractivity (Wildman–Crippen MR) is 66.3 cm³/mol. The molecule has 14 heavy (non-hydrogen) atoms. The molecule has 1 heterocycles. The maximum absolute atomic E-state index is 11.6. The third-order valence-corrected chi connectivity index (χ3v) is 5.58. The van der Waals surface area contributed by atoms with Crippen molar-refractivity contribution in [2.24, 2.45) is 4.99 Å². The van der Waals surface area contributed by atoms with Crippen LogP contribution >= 0.6 is 11.8 Å². The number of hydrogen-bond acceptors (Lipinski definition) is 5. The van der Waals surface area contributed by atoms with E-state index in [1.54, 1.807) is 11.8 Å². The largest absolute Gasteiger partial charge is 1.00 e. The minimum absolute atomic E-state index is 0. The molecule has 76 valence electrons. The number of hydrogen-bond donors (Lipinski definition) is 0. The van der Waals surface area contributed by atoms with Crippen LogP contribution in [0.5, 0.6) is 0 Å². The fraction of sp³-hybridized carbons (Fsp3) is 0.857. The molecule has 7 heteroatoms. The Morgan fingerprint density at radius 3 is 2.64 bits per heavy atom. The Kier molecular flexibility index (Phi) is 8.07. The van der Waals surface area contributed by atoms with E-state index in [-0.39, 0.29) is 34.8 Å². The molecule has 1 aliphatic rings. The zero-order valence-corrected chi connectivity index (χ0v) is 13.7. The molecule has 1 rings (SSSR count). The number of aliphatic imine (C=N–C) groups is 1. The summed E-state index contributed by atoms with van der Waals surface area (Å²) in [5.74, 6) is 0.982. The van der Waals surface area contributed by atoms with E-state index in [1.807, 2.05) is 6.92 Å². The first-order valence-electron chi connectivity index (χ1n) is 4.17. The quantitative estimate of drug-likeness (QED) is 0.587. The van der Waals surface area contributed by atoms with Gasteiger partial charge in [0.1, 0.15) is 0 Å². The Hall–Kier alpha value is 1.77. The molecule has 0 spiro atoms. The van der Waals surface area contributed by atoms with Crippen molar-refractivity contribution in [3.05, 3.63) is 0 Å². The van der Waals surface area contributed by atoms with Gasteiger partial charge in [-0.15, -0.1) is 11.8 Å². The Morgan fingerprint density at radius 2 is 2.29 bits per heavy atom. The van der Waals surface area contributed by atoms with Crippen LogP contribution in [0, 0.1) is 0 Å². The molecule has 0 fully saturated rings. The van der Waals surface area contributed by atoms with E-state index in [0.717, 1.165) is 30.2 Å². The van der Waals surface area contributed by atoms with Crippen molar-refractivity contribution >= 4 is 46.6 Å². The summed E-state index contributed by atoms with van der Waals surface area (Å²) in [5, 5.41) is 0.770. The van der Waals surface area contributed by atoms with Crippen molar-refractivity contribution < 1.29 is 34.1 Å². The van der Waals surface area contributed by atoms with E-state index in [9.17, 15) is 4.55 Å². The van der Waals surface area contributed by atoms with E-state index >= 15 is 0 Å². The van der Waals surface area contributed by atoms with Gasteiger partial charge < -0.3 is 4.55 Å². The Balaban J connectivity index is 0.00000169. The normalized spacial score (nSPS) is 18.6. The number of nitrogens with zero attached hydrogens (tertiary/aromatic N) is 1. The van der Waals surface area contributed by atoms with Crippen molar-refractivity contribution in [3.63, 3.8) is 0 Å². The van der Waals surface area contributed by atoms with Crippen LogP contribution in [-0.2, 0) is 29.8 Å². The molecule has 0 N–H and O–H groups in total. The monoisotopic (exact) mass is 277 g/mol. The Labute approximate surface area is 122 Å². The molecule has 0 aliphatic carbocycles. The van der Waals surface area contributed by atoms with Gasteiger partial charge in [-0.05, 0) is 6.42 Å². The maximum Gasteiger partial charge on any atom is 1.00 e. The summed E-state index contributed by atoms with van der Waals surface area (Å²) in [6.07, 6.45) is 1.76. The molecular formula is C7H12NNaOS4. The third kappa shape index (κ3) is 4.74. The molecule has 0 aromatic rings. The summed E-state index contributed by atoms with van der Waals surface area (Å²) in [7, 11) is -2.55. The molecule has 0 saturated heterocycles. The summed E-state index contributed by atoms with van der Waals surface area (Å²) in [5.41, 5.74) is 0. The van der Waals surface area contributed by atoms with Crippen LogP contribution in [0.2, 0.25) is 0 Å². The summed E-state index contributed by atoms with van der Waals surface area (Å²) >= 11 is 11.4. The van der Waals surface area contributed by atoms with Gasteiger partial charge in [0.25, 0.3) is 0 Å². The fourth-order valence-electron chi connectivity index (χ4n) is 1.20. The van der Waals surface area contributed by atoms with Gasteiger partial charge in [0.15, 0.2) is 0 Å². The minimum atomic E-state index is -2.55. The van der Waals surface area contributed by atoms with Crippen molar-refractivity contribution in [1.29, 1.82) is 0 Å². The van der Waals surface area contributed by atoms with Crippen LogP contribution in [0.1, 0.15) is 19.8 Å². The van der Waals surface area contributed by atoms with Crippen LogP contribution in [-0.4, -0.2) is 27.1 Å². The van der Waals surface area contributed by atoms with Crippen LogP contribution in [0.25, 0.3) is 0 Å². The van der Waals surface area contributed by atoms with Crippen molar-refractivity contribution in [3.8, 4) is 0 Å². The fourth-order valence-corrected chi connectivity index (χ4v) is 5.02. The smallest absolute Gasteiger partial charge is 0.790 e. The van der Waals surface area contributed by atoms with Crippen LogP contribution in [0.4, 0.5) is 0 Å². The van der Waals surface area contributed by atoms with Gasteiger partial charge in [-0.25, -0.2) is 0 Å². The van der Waals surface area contributed by atoms with Gasteiger partial charge in [-0.3, -0.25) is 4.99 Å². The molecule has 1 unspecified atom stereocenters. The van der Waals surface area contributed by atoms with Crippen LogP contribution in [0.3, 0.4) is 0 Å². The van der Waals surface area contributed by atoms with Crippen molar-refractivity contribution in [2.45, 2.75) is 25.0 Å². The zero-order valence-electron chi connectivity index (χ0n) is 8.39. The summed E-state index contributed by atoms with van der Waals surface area (Å²) in [6.45, 7) is 2.86. The molecule has 0 radical (unpaired) electrons. The van der Waals surface area contributed by atoms with E-state index in [1.165, 1.54) is 0 Å². The molecule has 1 aliphatic heterocycles. The number of rotatable bonds is 4. The van der Waals surface area contributed by atoms with Crippen molar-refractivity contribution in [1.82, 2.24) is 0 Å². The third-order valence-electron chi connectivity index (χ3n) is 1.78. The van der Waals surface area contributed by atoms with E-state index in [4.69, 9.17) is 22.4 Å². The second-order valence-corrected chi connectivity index (χ2v) is 9.11. The first-order chi connectivity index (χ1) is 6.05. The topological polar surface area (TPSA) is 35.4 Å². The van der Waals surface area contributed by atoms with Gasteiger partial charge in [-0.2, -0.15) is 7.43 Å². The van der Waals surface area contributed by atoms with Crippen LogP contribution < -0.4 is 29.6 Å². The molecule has 0 aromatic carbocycles. The van der Waals surface area contributed by atoms with E-state index in [2.05, 4.69) is 4.99 Å². The second kappa shape index (κ2) is 7.17. The summed E-state index contributed by atoms with van der Waals surface area (Å²) in [6, 6.07) is 0. The molecule has 0 bridgehead atoms. The minimum Gasteiger partial charge on any atom is -0.790 e. The first kappa shape index (κ1) is 15.8. The van der Waals surface area contributed by atoms with Gasteiger partial charge in [-0.1, -0.05) is 35.7 Å². The van der Waals surface area contributed by atoms with Crippen molar-refractivity contribution in [2.75, 3.05) is 12.3 Å². The Morgan fingerprint density at radius 1 is 1.64 bits per heavy atom. The predicted octanol–water partition coefficient (Wildman–Crippen LogP) is -1.49. The second-order valence-electron chi connectivity index (χ2n) is 2.84. The molecule has 2 nitrogen and oxygen atoms in total. The van der Waals surface area contributed by atoms with Crippen LogP contribution in [0.15, 0.2) is 4.99 Å². The van der Waals surface area contributed by atoms with Gasteiger partial charge in [0, 0.05) is 17.5 Å².